The first kappa shape index (κ1) is 15.8. The molecule has 0 saturated carbocycles. The lowest BCUT2D eigenvalue weighted by Crippen LogP contribution is -2.41. The van der Waals surface area contributed by atoms with Crippen molar-refractivity contribution < 1.29 is 18.8 Å². The van der Waals surface area contributed by atoms with Crippen LogP contribution in [0.4, 0.5) is 4.39 Å². The van der Waals surface area contributed by atoms with Gasteiger partial charge in [0.15, 0.2) is 0 Å². The standard InChI is InChI=1S/C17H17BFNO3/c1-16(2)17(3,4)23-18(22-16)13-8-11(21)7-10-5-6-14(19)12(9-20)15(10)13/h5-8,21H,1-4H3. The fraction of sp³-hybridized carbons (Fsp3) is 0.353. The Hall–Kier alpha value is -2.10. The van der Waals surface area contributed by atoms with Crippen molar-refractivity contribution in [3.8, 4) is 11.8 Å². The van der Waals surface area contributed by atoms with Crippen LogP contribution in [0.25, 0.3) is 10.8 Å². The molecule has 1 aliphatic rings. The largest absolute Gasteiger partial charge is 0.508 e. The normalized spacial score (nSPS) is 19.0. The van der Waals surface area contributed by atoms with Crippen LogP contribution in [-0.4, -0.2) is 23.4 Å². The first-order chi connectivity index (χ1) is 10.7. The molecule has 0 amide bonds. The summed E-state index contributed by atoms with van der Waals surface area (Å²) >= 11 is 0. The molecule has 0 unspecified atom stereocenters. The Balaban J connectivity index is 2.27. The third-order valence-electron chi connectivity index (χ3n) is 4.70. The van der Waals surface area contributed by atoms with Gasteiger partial charge in [0.1, 0.15) is 17.6 Å². The second-order valence-electron chi connectivity index (χ2n) is 6.76. The number of rotatable bonds is 1. The minimum Gasteiger partial charge on any atom is -0.508 e. The SMILES string of the molecule is CC1(C)OB(c2cc(O)cc3ccc(F)c(C#N)c23)OC1(C)C. The highest BCUT2D eigenvalue weighted by Crippen LogP contribution is 2.37. The van der Waals surface area contributed by atoms with Crippen molar-refractivity contribution >= 4 is 23.4 Å². The molecule has 118 valence electrons. The summed E-state index contributed by atoms with van der Waals surface area (Å²) in [5.74, 6) is -0.596. The molecule has 1 N–H and O–H groups in total. The fourth-order valence-electron chi connectivity index (χ4n) is 2.72. The lowest BCUT2D eigenvalue weighted by atomic mass is 9.75. The summed E-state index contributed by atoms with van der Waals surface area (Å²) in [4.78, 5) is 0. The number of benzene rings is 2. The average Bonchev–Trinajstić information content (AvgIpc) is 2.67. The van der Waals surface area contributed by atoms with E-state index in [0.29, 0.717) is 16.2 Å². The van der Waals surface area contributed by atoms with Crippen molar-refractivity contribution in [1.29, 1.82) is 5.26 Å². The Bertz CT molecular complexity index is 826. The van der Waals surface area contributed by atoms with Gasteiger partial charge >= 0.3 is 7.12 Å². The molecular formula is C17H17BFNO3. The van der Waals surface area contributed by atoms with Gasteiger partial charge in [-0.3, -0.25) is 0 Å². The molecule has 0 aliphatic carbocycles. The second-order valence-corrected chi connectivity index (χ2v) is 6.76. The zero-order chi connectivity index (χ0) is 17.0. The van der Waals surface area contributed by atoms with Gasteiger partial charge < -0.3 is 14.4 Å². The van der Waals surface area contributed by atoms with Crippen LogP contribution < -0.4 is 5.46 Å². The van der Waals surface area contributed by atoms with E-state index < -0.39 is 24.1 Å². The van der Waals surface area contributed by atoms with Crippen molar-refractivity contribution in [2.45, 2.75) is 38.9 Å². The average molecular weight is 313 g/mol. The number of fused-ring (bicyclic) bond motifs is 1. The number of phenolic OH excluding ortho intramolecular Hbond substituents is 1. The predicted octanol–water partition coefficient (Wildman–Crippen LogP) is 2.86. The minimum absolute atomic E-state index is 0.0118. The van der Waals surface area contributed by atoms with Gasteiger partial charge in [0.25, 0.3) is 0 Å². The molecule has 0 aromatic heterocycles. The maximum absolute atomic E-state index is 14.0. The summed E-state index contributed by atoms with van der Waals surface area (Å²) in [7, 11) is -0.788. The summed E-state index contributed by atoms with van der Waals surface area (Å²) < 4.78 is 26.0. The monoisotopic (exact) mass is 313 g/mol. The quantitative estimate of drug-likeness (QED) is 0.822. The van der Waals surface area contributed by atoms with Gasteiger partial charge in [-0.15, -0.1) is 0 Å². The Morgan fingerprint density at radius 2 is 1.74 bits per heavy atom. The smallest absolute Gasteiger partial charge is 0.495 e. The molecule has 23 heavy (non-hydrogen) atoms. The van der Waals surface area contributed by atoms with Gasteiger partial charge in [-0.2, -0.15) is 5.26 Å². The van der Waals surface area contributed by atoms with Crippen LogP contribution in [0.15, 0.2) is 24.3 Å². The van der Waals surface area contributed by atoms with E-state index in [9.17, 15) is 14.8 Å². The van der Waals surface area contributed by atoms with Crippen LogP contribution in [0.3, 0.4) is 0 Å². The number of halogens is 1. The molecule has 6 heteroatoms. The Kier molecular flexibility index (Phi) is 3.40. The van der Waals surface area contributed by atoms with E-state index in [1.54, 1.807) is 0 Å². The first-order valence-electron chi connectivity index (χ1n) is 7.37. The molecule has 2 aromatic rings. The number of hydrogen-bond donors (Lipinski definition) is 1. The van der Waals surface area contributed by atoms with E-state index in [0.717, 1.165) is 0 Å². The molecule has 1 fully saturated rings. The predicted molar refractivity (Wildman–Crippen MR) is 86.0 cm³/mol. The summed E-state index contributed by atoms with van der Waals surface area (Å²) in [6.45, 7) is 7.63. The minimum atomic E-state index is -0.788. The molecule has 3 rings (SSSR count). The van der Waals surface area contributed by atoms with Crippen molar-refractivity contribution in [2.75, 3.05) is 0 Å². The number of nitriles is 1. The summed E-state index contributed by atoms with van der Waals surface area (Å²) in [5.41, 5.74) is -0.771. The molecule has 2 aromatic carbocycles. The van der Waals surface area contributed by atoms with Crippen molar-refractivity contribution in [3.63, 3.8) is 0 Å². The Morgan fingerprint density at radius 1 is 1.13 bits per heavy atom. The Labute approximate surface area is 134 Å². The molecule has 0 bridgehead atoms. The number of nitrogens with zero attached hydrogens (tertiary/aromatic N) is 1. The molecule has 0 spiro atoms. The highest BCUT2D eigenvalue weighted by molar-refractivity contribution is 6.65. The van der Waals surface area contributed by atoms with Crippen LogP contribution in [0.1, 0.15) is 33.3 Å². The summed E-state index contributed by atoms with van der Waals surface area (Å²) in [6.07, 6.45) is 0. The molecule has 4 nitrogen and oxygen atoms in total. The van der Waals surface area contributed by atoms with Crippen LogP contribution in [-0.2, 0) is 9.31 Å². The van der Waals surface area contributed by atoms with E-state index in [1.165, 1.54) is 24.3 Å². The zero-order valence-electron chi connectivity index (χ0n) is 13.5. The van der Waals surface area contributed by atoms with E-state index in [4.69, 9.17) is 9.31 Å². The number of hydrogen-bond acceptors (Lipinski definition) is 4. The molecule has 1 aliphatic heterocycles. The van der Waals surface area contributed by atoms with Gasteiger partial charge in [-0.05, 0) is 56.7 Å². The van der Waals surface area contributed by atoms with Crippen LogP contribution >= 0.6 is 0 Å². The van der Waals surface area contributed by atoms with Gasteiger partial charge in [0.2, 0.25) is 0 Å². The van der Waals surface area contributed by atoms with E-state index in [-0.39, 0.29) is 11.3 Å². The third-order valence-corrected chi connectivity index (χ3v) is 4.70. The van der Waals surface area contributed by atoms with Crippen LogP contribution in [0.5, 0.6) is 5.75 Å². The highest BCUT2D eigenvalue weighted by Gasteiger charge is 2.52. The number of phenols is 1. The molecule has 1 heterocycles. The third kappa shape index (κ3) is 2.37. The van der Waals surface area contributed by atoms with E-state index >= 15 is 0 Å². The first-order valence-corrected chi connectivity index (χ1v) is 7.37. The van der Waals surface area contributed by atoms with Gasteiger partial charge in [-0.25, -0.2) is 4.39 Å². The molecular weight excluding hydrogens is 296 g/mol. The van der Waals surface area contributed by atoms with Crippen molar-refractivity contribution in [2.24, 2.45) is 0 Å². The van der Waals surface area contributed by atoms with Crippen molar-refractivity contribution in [1.82, 2.24) is 0 Å². The lowest BCUT2D eigenvalue weighted by molar-refractivity contribution is 0.00578. The highest BCUT2D eigenvalue weighted by atomic mass is 19.1. The molecule has 1 saturated heterocycles. The summed E-state index contributed by atoms with van der Waals surface area (Å²) in [5, 5.41) is 20.3. The van der Waals surface area contributed by atoms with Crippen LogP contribution in [0, 0.1) is 17.1 Å². The lowest BCUT2D eigenvalue weighted by Gasteiger charge is -2.32. The second kappa shape index (κ2) is 4.95. The van der Waals surface area contributed by atoms with E-state index in [1.807, 2.05) is 33.8 Å². The molecule has 0 atom stereocenters. The fourth-order valence-corrected chi connectivity index (χ4v) is 2.72. The maximum Gasteiger partial charge on any atom is 0.495 e. The molecule has 0 radical (unpaired) electrons. The maximum atomic E-state index is 14.0. The topological polar surface area (TPSA) is 62.5 Å². The summed E-state index contributed by atoms with van der Waals surface area (Å²) in [6, 6.07) is 7.59. The van der Waals surface area contributed by atoms with Crippen molar-refractivity contribution in [3.05, 3.63) is 35.6 Å². The van der Waals surface area contributed by atoms with Gasteiger partial charge in [0, 0.05) is 5.39 Å². The Morgan fingerprint density at radius 3 is 2.30 bits per heavy atom. The van der Waals surface area contributed by atoms with E-state index in [2.05, 4.69) is 0 Å². The van der Waals surface area contributed by atoms with Crippen LogP contribution in [0.2, 0.25) is 0 Å². The zero-order valence-corrected chi connectivity index (χ0v) is 13.5. The number of aromatic hydroxyl groups is 1. The van der Waals surface area contributed by atoms with Gasteiger partial charge in [-0.1, -0.05) is 6.07 Å². The van der Waals surface area contributed by atoms with Gasteiger partial charge in [0.05, 0.1) is 16.8 Å².